The van der Waals surface area contributed by atoms with Gasteiger partial charge in [-0.15, -0.1) is 0 Å². The Balaban J connectivity index is 2.07. The maximum Gasteiger partial charge on any atom is 0.323 e. The summed E-state index contributed by atoms with van der Waals surface area (Å²) in [5.41, 5.74) is 3.53. The third-order valence-electron chi connectivity index (χ3n) is 3.02. The van der Waals surface area contributed by atoms with Crippen molar-refractivity contribution in [1.82, 2.24) is 9.78 Å². The van der Waals surface area contributed by atoms with Gasteiger partial charge >= 0.3 is 6.03 Å². The zero-order chi connectivity index (χ0) is 14.7. The maximum atomic E-state index is 11.9. The second-order valence-electron chi connectivity index (χ2n) is 4.44. The van der Waals surface area contributed by atoms with Gasteiger partial charge in [-0.1, -0.05) is 0 Å². The first-order chi connectivity index (χ1) is 9.51. The summed E-state index contributed by atoms with van der Waals surface area (Å²) in [4.78, 5) is 11.9. The quantitative estimate of drug-likeness (QED) is 0.878. The van der Waals surface area contributed by atoms with Crippen molar-refractivity contribution >= 4 is 17.4 Å². The number of hydrogen-bond donors (Lipinski definition) is 2. The minimum absolute atomic E-state index is 0.339. The Labute approximate surface area is 117 Å². The van der Waals surface area contributed by atoms with Crippen LogP contribution in [-0.2, 0) is 7.05 Å². The van der Waals surface area contributed by atoms with Crippen LogP contribution in [0.25, 0.3) is 0 Å². The number of nitriles is 1. The van der Waals surface area contributed by atoms with E-state index in [1.165, 1.54) is 0 Å². The van der Waals surface area contributed by atoms with E-state index in [4.69, 9.17) is 5.26 Å². The molecule has 1 aromatic heterocycles. The van der Waals surface area contributed by atoms with Crippen molar-refractivity contribution in [3.8, 4) is 6.07 Å². The number of benzene rings is 1. The van der Waals surface area contributed by atoms with Gasteiger partial charge in [0.1, 0.15) is 0 Å². The van der Waals surface area contributed by atoms with E-state index < -0.39 is 0 Å². The summed E-state index contributed by atoms with van der Waals surface area (Å²) in [6.45, 7) is 3.72. The molecule has 6 heteroatoms. The molecule has 102 valence electrons. The molecule has 0 bridgehead atoms. The average molecular weight is 269 g/mol. The summed E-state index contributed by atoms with van der Waals surface area (Å²) in [6.07, 6.45) is 0. The molecule has 0 aliphatic heterocycles. The highest BCUT2D eigenvalue weighted by Gasteiger charge is 2.12. The second kappa shape index (κ2) is 5.45. The van der Waals surface area contributed by atoms with Crippen molar-refractivity contribution in [2.75, 3.05) is 10.6 Å². The second-order valence-corrected chi connectivity index (χ2v) is 4.44. The van der Waals surface area contributed by atoms with Crippen LogP contribution >= 0.6 is 0 Å². The number of urea groups is 1. The van der Waals surface area contributed by atoms with Crippen LogP contribution in [0.15, 0.2) is 24.3 Å². The Morgan fingerprint density at radius 1 is 1.25 bits per heavy atom. The first-order valence-electron chi connectivity index (χ1n) is 6.09. The molecule has 0 aliphatic carbocycles. The highest BCUT2D eigenvalue weighted by molar-refractivity contribution is 6.00. The zero-order valence-electron chi connectivity index (χ0n) is 11.6. The molecule has 0 spiro atoms. The van der Waals surface area contributed by atoms with E-state index in [1.54, 1.807) is 28.9 Å². The molecule has 0 atom stereocenters. The topological polar surface area (TPSA) is 82.7 Å². The van der Waals surface area contributed by atoms with E-state index in [1.807, 2.05) is 27.0 Å². The third-order valence-corrected chi connectivity index (χ3v) is 3.02. The SMILES string of the molecule is Cc1nn(C)c(C)c1NC(=O)Nc1ccc(C#N)cc1. The third kappa shape index (κ3) is 2.78. The van der Waals surface area contributed by atoms with Gasteiger partial charge in [-0.2, -0.15) is 10.4 Å². The molecule has 2 N–H and O–H groups in total. The lowest BCUT2D eigenvalue weighted by atomic mass is 10.2. The summed E-state index contributed by atoms with van der Waals surface area (Å²) in [5.74, 6) is 0. The normalized spacial score (nSPS) is 9.90. The number of nitrogens with zero attached hydrogens (tertiary/aromatic N) is 3. The maximum absolute atomic E-state index is 11.9. The van der Waals surface area contributed by atoms with E-state index >= 15 is 0 Å². The Hall–Kier alpha value is -2.81. The summed E-state index contributed by atoms with van der Waals surface area (Å²) in [5, 5.41) is 18.4. The number of aryl methyl sites for hydroxylation is 2. The van der Waals surface area contributed by atoms with Crippen molar-refractivity contribution in [3.05, 3.63) is 41.2 Å². The molecular weight excluding hydrogens is 254 g/mol. The van der Waals surface area contributed by atoms with Crippen LogP contribution in [0.4, 0.5) is 16.2 Å². The van der Waals surface area contributed by atoms with Crippen LogP contribution < -0.4 is 10.6 Å². The fourth-order valence-electron chi connectivity index (χ4n) is 1.86. The molecule has 2 rings (SSSR count). The van der Waals surface area contributed by atoms with Gasteiger partial charge in [0.15, 0.2) is 0 Å². The Morgan fingerprint density at radius 3 is 2.40 bits per heavy atom. The lowest BCUT2D eigenvalue weighted by Gasteiger charge is -2.08. The van der Waals surface area contributed by atoms with Gasteiger partial charge in [0.25, 0.3) is 0 Å². The van der Waals surface area contributed by atoms with Gasteiger partial charge in [-0.25, -0.2) is 4.79 Å². The Bertz CT molecular complexity index is 679. The molecule has 20 heavy (non-hydrogen) atoms. The van der Waals surface area contributed by atoms with Crippen LogP contribution in [0, 0.1) is 25.2 Å². The van der Waals surface area contributed by atoms with E-state index in [0.717, 1.165) is 11.4 Å². The first-order valence-corrected chi connectivity index (χ1v) is 6.09. The van der Waals surface area contributed by atoms with Crippen LogP contribution in [-0.4, -0.2) is 15.8 Å². The number of rotatable bonds is 2. The van der Waals surface area contributed by atoms with Crippen molar-refractivity contribution in [2.24, 2.45) is 7.05 Å². The standard InChI is InChI=1S/C14H15N5O/c1-9-13(10(2)19(3)18-9)17-14(20)16-12-6-4-11(8-15)5-7-12/h4-7H,1-3H3,(H2,16,17,20). The molecule has 0 aliphatic rings. The van der Waals surface area contributed by atoms with E-state index in [2.05, 4.69) is 15.7 Å². The van der Waals surface area contributed by atoms with Gasteiger partial charge in [-0.3, -0.25) is 4.68 Å². The number of anilines is 2. The summed E-state index contributed by atoms with van der Waals surface area (Å²) in [7, 11) is 1.83. The fourth-order valence-corrected chi connectivity index (χ4v) is 1.86. The molecule has 6 nitrogen and oxygen atoms in total. The molecule has 0 unspecified atom stereocenters. The van der Waals surface area contributed by atoms with Gasteiger partial charge in [0.2, 0.25) is 0 Å². The molecule has 0 fully saturated rings. The van der Waals surface area contributed by atoms with Crippen molar-refractivity contribution in [1.29, 1.82) is 5.26 Å². The van der Waals surface area contributed by atoms with Gasteiger partial charge in [0, 0.05) is 12.7 Å². The minimum atomic E-state index is -0.339. The first kappa shape index (κ1) is 13.6. The number of amides is 2. The molecule has 2 amide bonds. The number of carbonyl (C=O) groups excluding carboxylic acids is 1. The molecule has 1 heterocycles. The van der Waals surface area contributed by atoms with Gasteiger partial charge in [0.05, 0.1) is 28.7 Å². The van der Waals surface area contributed by atoms with E-state index in [-0.39, 0.29) is 6.03 Å². The Kier molecular flexibility index (Phi) is 3.71. The number of nitrogens with one attached hydrogen (secondary N) is 2. The minimum Gasteiger partial charge on any atom is -0.308 e. The largest absolute Gasteiger partial charge is 0.323 e. The average Bonchev–Trinajstić information content (AvgIpc) is 2.66. The van der Waals surface area contributed by atoms with Crippen molar-refractivity contribution in [2.45, 2.75) is 13.8 Å². The monoisotopic (exact) mass is 269 g/mol. The molecule has 0 saturated heterocycles. The molecule has 1 aromatic carbocycles. The zero-order valence-corrected chi connectivity index (χ0v) is 11.6. The summed E-state index contributed by atoms with van der Waals surface area (Å²) < 4.78 is 1.71. The summed E-state index contributed by atoms with van der Waals surface area (Å²) in [6, 6.07) is 8.35. The smallest absolute Gasteiger partial charge is 0.308 e. The summed E-state index contributed by atoms with van der Waals surface area (Å²) >= 11 is 0. The van der Waals surface area contributed by atoms with Crippen molar-refractivity contribution in [3.63, 3.8) is 0 Å². The molecule has 0 radical (unpaired) electrons. The van der Waals surface area contributed by atoms with Gasteiger partial charge < -0.3 is 10.6 Å². The molecule has 0 saturated carbocycles. The number of aromatic nitrogens is 2. The highest BCUT2D eigenvalue weighted by atomic mass is 16.2. The Morgan fingerprint density at radius 2 is 1.90 bits per heavy atom. The number of hydrogen-bond acceptors (Lipinski definition) is 3. The van der Waals surface area contributed by atoms with Gasteiger partial charge in [-0.05, 0) is 38.1 Å². The van der Waals surface area contributed by atoms with Crippen LogP contribution in [0.5, 0.6) is 0 Å². The van der Waals surface area contributed by atoms with E-state index in [9.17, 15) is 4.79 Å². The lowest BCUT2D eigenvalue weighted by Crippen LogP contribution is -2.20. The number of carbonyl (C=O) groups is 1. The predicted molar refractivity (Wildman–Crippen MR) is 76.5 cm³/mol. The predicted octanol–water partition coefficient (Wildman–Crippen LogP) is 2.55. The van der Waals surface area contributed by atoms with Crippen LogP contribution in [0.1, 0.15) is 17.0 Å². The highest BCUT2D eigenvalue weighted by Crippen LogP contribution is 2.18. The lowest BCUT2D eigenvalue weighted by molar-refractivity contribution is 0.262. The van der Waals surface area contributed by atoms with Crippen molar-refractivity contribution < 1.29 is 4.79 Å². The van der Waals surface area contributed by atoms with Crippen LogP contribution in [0.3, 0.4) is 0 Å². The molecular formula is C14H15N5O. The molecule has 2 aromatic rings. The van der Waals surface area contributed by atoms with E-state index in [0.29, 0.717) is 16.9 Å². The fraction of sp³-hybridized carbons (Fsp3) is 0.214. The van der Waals surface area contributed by atoms with Crippen LogP contribution in [0.2, 0.25) is 0 Å².